The summed E-state index contributed by atoms with van der Waals surface area (Å²) in [5, 5.41) is 0. The predicted molar refractivity (Wildman–Crippen MR) is 57.7 cm³/mol. The summed E-state index contributed by atoms with van der Waals surface area (Å²) >= 11 is 0. The van der Waals surface area contributed by atoms with Gasteiger partial charge >= 0.3 is 0 Å². The monoisotopic (exact) mass is 172 g/mol. The summed E-state index contributed by atoms with van der Waals surface area (Å²) in [5.41, 5.74) is 4.41. The maximum absolute atomic E-state index is 3.86. The van der Waals surface area contributed by atoms with Crippen molar-refractivity contribution in [3.05, 3.63) is 41.5 Å². The number of rotatable bonds is 1. The first-order valence-corrected chi connectivity index (χ1v) is 5.04. The molecule has 0 heteroatoms. The molecule has 2 rings (SSSR count). The maximum atomic E-state index is 3.86. The summed E-state index contributed by atoms with van der Waals surface area (Å²) in [5.74, 6) is 0.854. The lowest BCUT2D eigenvalue weighted by molar-refractivity contribution is 0.501. The van der Waals surface area contributed by atoms with Crippen LogP contribution in [0.3, 0.4) is 0 Å². The number of hydrogen-bond acceptors (Lipinski definition) is 0. The van der Waals surface area contributed by atoms with E-state index in [0.717, 1.165) is 5.92 Å². The van der Waals surface area contributed by atoms with Crippen LogP contribution in [0.15, 0.2) is 24.8 Å². The second-order valence-electron chi connectivity index (χ2n) is 4.04. The highest BCUT2D eigenvalue weighted by Gasteiger charge is 2.15. The standard InChI is InChI=1S/C13H16/c1-3-11-5-4-6-12-9-10(2)7-8-13(11)12/h3-6,10H,1,7-9H2,2H3. The second-order valence-corrected chi connectivity index (χ2v) is 4.04. The SMILES string of the molecule is C=Cc1cccc2c1CCC(C)C2. The van der Waals surface area contributed by atoms with Gasteiger partial charge in [-0.1, -0.05) is 37.8 Å². The van der Waals surface area contributed by atoms with E-state index in [9.17, 15) is 0 Å². The topological polar surface area (TPSA) is 0 Å². The minimum absolute atomic E-state index is 0.854. The van der Waals surface area contributed by atoms with Crippen molar-refractivity contribution in [2.45, 2.75) is 26.2 Å². The molecule has 0 saturated carbocycles. The molecule has 1 aliphatic carbocycles. The van der Waals surface area contributed by atoms with Crippen molar-refractivity contribution >= 4 is 6.08 Å². The molecule has 0 heterocycles. The van der Waals surface area contributed by atoms with E-state index in [1.54, 1.807) is 0 Å². The third-order valence-corrected chi connectivity index (χ3v) is 2.98. The lowest BCUT2D eigenvalue weighted by Gasteiger charge is -2.22. The van der Waals surface area contributed by atoms with Gasteiger partial charge in [0.25, 0.3) is 0 Å². The van der Waals surface area contributed by atoms with Gasteiger partial charge in [-0.3, -0.25) is 0 Å². The Kier molecular flexibility index (Phi) is 2.22. The molecule has 0 saturated heterocycles. The smallest absolute Gasteiger partial charge is 0.0228 e. The van der Waals surface area contributed by atoms with Crippen molar-refractivity contribution in [1.82, 2.24) is 0 Å². The Morgan fingerprint density at radius 2 is 2.31 bits per heavy atom. The first kappa shape index (κ1) is 8.55. The van der Waals surface area contributed by atoms with E-state index in [1.807, 2.05) is 6.08 Å². The summed E-state index contributed by atoms with van der Waals surface area (Å²) in [7, 11) is 0. The molecule has 0 aromatic heterocycles. The largest absolute Gasteiger partial charge is 0.0985 e. The Hall–Kier alpha value is -1.04. The highest BCUT2D eigenvalue weighted by molar-refractivity contribution is 5.55. The quantitative estimate of drug-likeness (QED) is 0.608. The van der Waals surface area contributed by atoms with E-state index in [0.29, 0.717) is 0 Å². The molecular formula is C13H16. The molecule has 0 spiro atoms. The van der Waals surface area contributed by atoms with Crippen LogP contribution in [0.1, 0.15) is 30.0 Å². The van der Waals surface area contributed by atoms with Gasteiger partial charge in [-0.15, -0.1) is 0 Å². The average Bonchev–Trinajstić information content (AvgIpc) is 2.16. The minimum atomic E-state index is 0.854. The molecule has 13 heavy (non-hydrogen) atoms. The van der Waals surface area contributed by atoms with Gasteiger partial charge in [-0.05, 0) is 41.9 Å². The van der Waals surface area contributed by atoms with Crippen LogP contribution in [0.2, 0.25) is 0 Å². The van der Waals surface area contributed by atoms with Crippen molar-refractivity contribution in [3.63, 3.8) is 0 Å². The van der Waals surface area contributed by atoms with Crippen molar-refractivity contribution in [3.8, 4) is 0 Å². The second kappa shape index (κ2) is 3.37. The van der Waals surface area contributed by atoms with E-state index < -0.39 is 0 Å². The lowest BCUT2D eigenvalue weighted by Crippen LogP contribution is -2.12. The van der Waals surface area contributed by atoms with Crippen LogP contribution in [0.5, 0.6) is 0 Å². The molecule has 68 valence electrons. The van der Waals surface area contributed by atoms with Gasteiger partial charge in [-0.2, -0.15) is 0 Å². The molecule has 1 aromatic carbocycles. The third-order valence-electron chi connectivity index (χ3n) is 2.98. The molecule has 1 aliphatic rings. The van der Waals surface area contributed by atoms with Crippen LogP contribution in [0, 0.1) is 5.92 Å². The fourth-order valence-electron chi connectivity index (χ4n) is 2.21. The van der Waals surface area contributed by atoms with Crippen LogP contribution in [0.25, 0.3) is 6.08 Å². The van der Waals surface area contributed by atoms with E-state index in [4.69, 9.17) is 0 Å². The van der Waals surface area contributed by atoms with Crippen molar-refractivity contribution in [2.24, 2.45) is 5.92 Å². The molecule has 0 aliphatic heterocycles. The maximum Gasteiger partial charge on any atom is -0.0228 e. The highest BCUT2D eigenvalue weighted by Crippen LogP contribution is 2.28. The fourth-order valence-corrected chi connectivity index (χ4v) is 2.21. The molecule has 0 bridgehead atoms. The van der Waals surface area contributed by atoms with Crippen LogP contribution in [0.4, 0.5) is 0 Å². The Morgan fingerprint density at radius 3 is 3.08 bits per heavy atom. The summed E-state index contributed by atoms with van der Waals surface area (Å²) in [4.78, 5) is 0. The van der Waals surface area contributed by atoms with E-state index >= 15 is 0 Å². The van der Waals surface area contributed by atoms with Gasteiger partial charge in [0.05, 0.1) is 0 Å². The van der Waals surface area contributed by atoms with Crippen molar-refractivity contribution in [2.75, 3.05) is 0 Å². The van der Waals surface area contributed by atoms with E-state index in [-0.39, 0.29) is 0 Å². The first-order chi connectivity index (χ1) is 6.31. The molecule has 1 unspecified atom stereocenters. The predicted octanol–water partition coefficient (Wildman–Crippen LogP) is 3.45. The first-order valence-electron chi connectivity index (χ1n) is 5.04. The van der Waals surface area contributed by atoms with Crippen molar-refractivity contribution < 1.29 is 0 Å². The van der Waals surface area contributed by atoms with Gasteiger partial charge in [0.1, 0.15) is 0 Å². The summed E-state index contributed by atoms with van der Waals surface area (Å²) in [6.45, 7) is 6.19. The van der Waals surface area contributed by atoms with Gasteiger partial charge < -0.3 is 0 Å². The number of hydrogen-bond donors (Lipinski definition) is 0. The number of fused-ring (bicyclic) bond motifs is 1. The van der Waals surface area contributed by atoms with Gasteiger partial charge in [-0.25, -0.2) is 0 Å². The molecule has 0 N–H and O–H groups in total. The van der Waals surface area contributed by atoms with E-state index in [1.165, 1.54) is 36.0 Å². The highest BCUT2D eigenvalue weighted by atomic mass is 14.2. The summed E-state index contributed by atoms with van der Waals surface area (Å²) < 4.78 is 0. The Balaban J connectivity index is 2.45. The van der Waals surface area contributed by atoms with Gasteiger partial charge in [0, 0.05) is 0 Å². The Bertz CT molecular complexity index is 323. The molecule has 1 atom stereocenters. The normalized spacial score (nSPS) is 20.8. The van der Waals surface area contributed by atoms with Crippen molar-refractivity contribution in [1.29, 1.82) is 0 Å². The average molecular weight is 172 g/mol. The van der Waals surface area contributed by atoms with Crippen LogP contribution in [-0.2, 0) is 12.8 Å². The molecule has 1 aromatic rings. The zero-order valence-electron chi connectivity index (χ0n) is 8.22. The Labute approximate surface area is 80.3 Å². The summed E-state index contributed by atoms with van der Waals surface area (Å²) in [6, 6.07) is 6.58. The van der Waals surface area contributed by atoms with Crippen LogP contribution in [-0.4, -0.2) is 0 Å². The van der Waals surface area contributed by atoms with E-state index in [2.05, 4.69) is 31.7 Å². The number of benzene rings is 1. The minimum Gasteiger partial charge on any atom is -0.0985 e. The molecule has 0 amide bonds. The summed E-state index contributed by atoms with van der Waals surface area (Å²) in [6.07, 6.45) is 5.79. The zero-order chi connectivity index (χ0) is 9.26. The van der Waals surface area contributed by atoms with Crippen LogP contribution < -0.4 is 0 Å². The van der Waals surface area contributed by atoms with Gasteiger partial charge in [0.2, 0.25) is 0 Å². The van der Waals surface area contributed by atoms with Gasteiger partial charge in [0.15, 0.2) is 0 Å². The molecule has 0 nitrogen and oxygen atoms in total. The zero-order valence-corrected chi connectivity index (χ0v) is 8.22. The molecule has 0 radical (unpaired) electrons. The third kappa shape index (κ3) is 1.53. The van der Waals surface area contributed by atoms with Crippen LogP contribution >= 0.6 is 0 Å². The lowest BCUT2D eigenvalue weighted by atomic mass is 9.83. The Morgan fingerprint density at radius 1 is 1.46 bits per heavy atom. The molecule has 0 fully saturated rings. The molecular weight excluding hydrogens is 156 g/mol. The fraction of sp³-hybridized carbons (Fsp3) is 0.385.